The van der Waals surface area contributed by atoms with Gasteiger partial charge in [-0.1, -0.05) is 0 Å². The Morgan fingerprint density at radius 3 is 2.29 bits per heavy atom. The molecule has 34 heavy (non-hydrogen) atoms. The molecule has 0 aromatic carbocycles. The Balaban J connectivity index is 1.31. The van der Waals surface area contributed by atoms with Crippen LogP contribution in [0.5, 0.6) is 0 Å². The molecule has 2 N–H and O–H groups in total. The lowest BCUT2D eigenvalue weighted by Crippen LogP contribution is -2.53. The summed E-state index contributed by atoms with van der Waals surface area (Å²) in [5, 5.41) is 6.37. The molecule has 0 radical (unpaired) electrons. The smallest absolute Gasteiger partial charge is 0.242 e. The van der Waals surface area contributed by atoms with Crippen LogP contribution in [0.15, 0.2) is 6.07 Å². The highest BCUT2D eigenvalue weighted by atomic mass is 16.2. The highest BCUT2D eigenvalue weighted by molar-refractivity contribution is 5.85. The fourth-order valence-electron chi connectivity index (χ4n) is 6.08. The minimum Gasteiger partial charge on any atom is -0.354 e. The first-order valence-corrected chi connectivity index (χ1v) is 13.0. The quantitative estimate of drug-likeness (QED) is 0.664. The maximum absolute atomic E-state index is 13.2. The highest BCUT2D eigenvalue weighted by Crippen LogP contribution is 2.38. The van der Waals surface area contributed by atoms with Crippen molar-refractivity contribution in [1.29, 1.82) is 0 Å². The fourth-order valence-corrected chi connectivity index (χ4v) is 6.08. The molecule has 2 amide bonds. The van der Waals surface area contributed by atoms with Gasteiger partial charge in [-0.15, -0.1) is 0 Å². The number of carbonyl (C=O) groups is 2. The summed E-state index contributed by atoms with van der Waals surface area (Å²) in [5.41, 5.74) is 1.67. The van der Waals surface area contributed by atoms with E-state index < -0.39 is 0 Å². The standard InChI is InChI=1S/C26H42N6O2/c1-17-12-18(2)29-25(28-17)31-11-7-6-8-22(31)24(34)27-15-19-13-20-9-10-21(14-19)32(20)16-23(33)30-26(3,4)5/h12,19-22H,6-11,13-16H2,1-5H3,(H,27,34)(H,30,33)/t19?,20-,21+,22?. The zero-order chi connectivity index (χ0) is 24.5. The molecular weight excluding hydrogens is 428 g/mol. The lowest BCUT2D eigenvalue weighted by atomic mass is 9.90. The summed E-state index contributed by atoms with van der Waals surface area (Å²) in [4.78, 5) is 39.5. The van der Waals surface area contributed by atoms with Gasteiger partial charge in [-0.3, -0.25) is 14.5 Å². The third-order valence-corrected chi connectivity index (χ3v) is 7.42. The summed E-state index contributed by atoms with van der Waals surface area (Å²) in [6.07, 6.45) is 7.36. The van der Waals surface area contributed by atoms with Crippen molar-refractivity contribution in [2.24, 2.45) is 5.92 Å². The van der Waals surface area contributed by atoms with Crippen molar-refractivity contribution in [2.45, 2.75) is 103 Å². The average molecular weight is 471 g/mol. The van der Waals surface area contributed by atoms with Gasteiger partial charge in [-0.2, -0.15) is 0 Å². The fraction of sp³-hybridized carbons (Fsp3) is 0.769. The van der Waals surface area contributed by atoms with Crippen molar-refractivity contribution in [3.63, 3.8) is 0 Å². The molecule has 3 fully saturated rings. The Kier molecular flexibility index (Phi) is 7.45. The van der Waals surface area contributed by atoms with Crippen LogP contribution in [0, 0.1) is 19.8 Å². The van der Waals surface area contributed by atoms with Gasteiger partial charge in [-0.25, -0.2) is 9.97 Å². The van der Waals surface area contributed by atoms with E-state index in [0.717, 1.165) is 62.9 Å². The van der Waals surface area contributed by atoms with Crippen molar-refractivity contribution in [1.82, 2.24) is 25.5 Å². The Bertz CT molecular complexity index is 864. The number of hydrogen-bond donors (Lipinski definition) is 2. The van der Waals surface area contributed by atoms with Crippen LogP contribution >= 0.6 is 0 Å². The molecule has 188 valence electrons. The molecular formula is C26H42N6O2. The van der Waals surface area contributed by atoms with Crippen LogP contribution in [0.4, 0.5) is 5.95 Å². The highest BCUT2D eigenvalue weighted by Gasteiger charge is 2.42. The molecule has 8 heteroatoms. The Hall–Kier alpha value is -2.22. The maximum atomic E-state index is 13.2. The van der Waals surface area contributed by atoms with Crippen molar-refractivity contribution >= 4 is 17.8 Å². The molecule has 4 rings (SSSR count). The minimum absolute atomic E-state index is 0.0989. The number of nitrogens with zero attached hydrogens (tertiary/aromatic N) is 4. The molecule has 0 spiro atoms. The van der Waals surface area contributed by atoms with E-state index in [4.69, 9.17) is 0 Å². The van der Waals surface area contributed by atoms with Crippen LogP contribution in [0.1, 0.15) is 77.1 Å². The second-order valence-corrected chi connectivity index (χ2v) is 11.6. The molecule has 3 aliphatic rings. The molecule has 0 saturated carbocycles. The molecule has 3 saturated heterocycles. The summed E-state index contributed by atoms with van der Waals surface area (Å²) >= 11 is 0. The zero-order valence-electron chi connectivity index (χ0n) is 21.6. The lowest BCUT2D eigenvalue weighted by Gasteiger charge is -2.39. The first-order chi connectivity index (χ1) is 16.1. The van der Waals surface area contributed by atoms with E-state index in [-0.39, 0.29) is 23.4 Å². The molecule has 4 heterocycles. The van der Waals surface area contributed by atoms with Gasteiger partial charge in [-0.05, 0) is 91.5 Å². The molecule has 4 atom stereocenters. The summed E-state index contributed by atoms with van der Waals surface area (Å²) in [6, 6.07) is 2.66. The van der Waals surface area contributed by atoms with E-state index in [1.165, 1.54) is 0 Å². The predicted octanol–water partition coefficient (Wildman–Crippen LogP) is 2.73. The number of anilines is 1. The number of nitrogens with one attached hydrogen (secondary N) is 2. The van der Waals surface area contributed by atoms with Gasteiger partial charge in [0.15, 0.2) is 0 Å². The number of aromatic nitrogens is 2. The summed E-state index contributed by atoms with van der Waals surface area (Å²) in [6.45, 7) is 12.0. The number of aryl methyl sites for hydroxylation is 2. The Morgan fingerprint density at radius 2 is 1.68 bits per heavy atom. The van der Waals surface area contributed by atoms with Gasteiger partial charge >= 0.3 is 0 Å². The lowest BCUT2D eigenvalue weighted by molar-refractivity contribution is -0.125. The second-order valence-electron chi connectivity index (χ2n) is 11.6. The average Bonchev–Trinajstić information content (AvgIpc) is 2.97. The first-order valence-electron chi connectivity index (χ1n) is 13.0. The van der Waals surface area contributed by atoms with Crippen molar-refractivity contribution in [3.05, 3.63) is 17.5 Å². The van der Waals surface area contributed by atoms with Crippen molar-refractivity contribution in [2.75, 3.05) is 24.5 Å². The largest absolute Gasteiger partial charge is 0.354 e. The number of fused-ring (bicyclic) bond motifs is 2. The Morgan fingerprint density at radius 1 is 1.03 bits per heavy atom. The number of amides is 2. The molecule has 8 nitrogen and oxygen atoms in total. The van der Waals surface area contributed by atoms with E-state index >= 15 is 0 Å². The zero-order valence-corrected chi connectivity index (χ0v) is 21.6. The molecule has 2 bridgehead atoms. The van der Waals surface area contributed by atoms with Gasteiger partial charge in [0, 0.05) is 42.1 Å². The van der Waals surface area contributed by atoms with Crippen LogP contribution in [-0.4, -0.2) is 70.0 Å². The maximum Gasteiger partial charge on any atom is 0.242 e. The summed E-state index contributed by atoms with van der Waals surface area (Å²) in [7, 11) is 0. The summed E-state index contributed by atoms with van der Waals surface area (Å²) < 4.78 is 0. The van der Waals surface area contributed by atoms with E-state index in [1.807, 2.05) is 40.7 Å². The number of carbonyl (C=O) groups excluding carboxylic acids is 2. The number of rotatable bonds is 6. The SMILES string of the molecule is Cc1cc(C)nc(N2CCCCC2C(=O)NCC2C[C@H]3CC[C@@H](C2)N3CC(=O)NC(C)(C)C)n1. The minimum atomic E-state index is -0.201. The van der Waals surface area contributed by atoms with Gasteiger partial charge in [0.25, 0.3) is 0 Å². The second kappa shape index (κ2) is 10.2. The van der Waals surface area contributed by atoms with Crippen LogP contribution in [-0.2, 0) is 9.59 Å². The molecule has 0 aliphatic carbocycles. The van der Waals surface area contributed by atoms with E-state index in [2.05, 4.69) is 30.4 Å². The monoisotopic (exact) mass is 470 g/mol. The van der Waals surface area contributed by atoms with Gasteiger partial charge in [0.2, 0.25) is 17.8 Å². The van der Waals surface area contributed by atoms with Crippen molar-refractivity contribution in [3.8, 4) is 0 Å². The van der Waals surface area contributed by atoms with Crippen molar-refractivity contribution < 1.29 is 9.59 Å². The molecule has 1 aromatic heterocycles. The van der Waals surface area contributed by atoms with E-state index in [0.29, 0.717) is 37.0 Å². The van der Waals surface area contributed by atoms with Gasteiger partial charge in [0.05, 0.1) is 6.54 Å². The van der Waals surface area contributed by atoms with Gasteiger partial charge in [0.1, 0.15) is 6.04 Å². The number of piperidine rings is 2. The van der Waals surface area contributed by atoms with Crippen LogP contribution in [0.2, 0.25) is 0 Å². The van der Waals surface area contributed by atoms with Gasteiger partial charge < -0.3 is 15.5 Å². The molecule has 3 aliphatic heterocycles. The normalized spacial score (nSPS) is 27.5. The van der Waals surface area contributed by atoms with Crippen LogP contribution in [0.3, 0.4) is 0 Å². The molecule has 1 aromatic rings. The third kappa shape index (κ3) is 6.06. The van der Waals surface area contributed by atoms with E-state index in [1.54, 1.807) is 0 Å². The molecule has 2 unspecified atom stereocenters. The van der Waals surface area contributed by atoms with Crippen LogP contribution < -0.4 is 15.5 Å². The van der Waals surface area contributed by atoms with Crippen LogP contribution in [0.25, 0.3) is 0 Å². The predicted molar refractivity (Wildman–Crippen MR) is 134 cm³/mol. The topological polar surface area (TPSA) is 90.5 Å². The summed E-state index contributed by atoms with van der Waals surface area (Å²) in [5.74, 6) is 1.36. The third-order valence-electron chi connectivity index (χ3n) is 7.42. The van der Waals surface area contributed by atoms with E-state index in [9.17, 15) is 9.59 Å². The Labute approximate surface area is 204 Å². The number of hydrogen-bond acceptors (Lipinski definition) is 6. The first kappa shape index (κ1) is 24.9.